The summed E-state index contributed by atoms with van der Waals surface area (Å²) in [5.74, 6) is -0.236. The third kappa shape index (κ3) is 2.99. The summed E-state index contributed by atoms with van der Waals surface area (Å²) in [5, 5.41) is 4.01. The van der Waals surface area contributed by atoms with Gasteiger partial charge in [0.2, 0.25) is 0 Å². The van der Waals surface area contributed by atoms with Gasteiger partial charge in [-0.15, -0.1) is 11.3 Å². The highest BCUT2D eigenvalue weighted by atomic mass is 35.5. The summed E-state index contributed by atoms with van der Waals surface area (Å²) in [6.45, 7) is 1.97. The molecule has 0 spiro atoms. The third-order valence-corrected chi connectivity index (χ3v) is 4.06. The second kappa shape index (κ2) is 5.71. The summed E-state index contributed by atoms with van der Waals surface area (Å²) in [4.78, 5) is 17.5. The number of hydrogen-bond donors (Lipinski definition) is 1. The van der Waals surface area contributed by atoms with E-state index in [9.17, 15) is 4.79 Å². The van der Waals surface area contributed by atoms with Gasteiger partial charge in [-0.25, -0.2) is 4.98 Å². The minimum Gasteiger partial charge on any atom is -0.472 e. The zero-order valence-corrected chi connectivity index (χ0v) is 12.7. The third-order valence-electron chi connectivity index (χ3n) is 2.92. The second-order valence-electron chi connectivity index (χ2n) is 4.40. The van der Waals surface area contributed by atoms with Crippen molar-refractivity contribution in [2.75, 3.05) is 5.32 Å². The molecule has 2 heterocycles. The Morgan fingerprint density at radius 3 is 2.71 bits per heavy atom. The van der Waals surface area contributed by atoms with Crippen LogP contribution in [0, 0.1) is 6.92 Å². The molecule has 2 aromatic heterocycles. The maximum Gasteiger partial charge on any atom is 0.260 e. The molecule has 0 aliphatic heterocycles. The number of aryl methyl sites for hydroxylation is 1. The van der Waals surface area contributed by atoms with Gasteiger partial charge in [-0.2, -0.15) is 0 Å². The Morgan fingerprint density at radius 1 is 1.29 bits per heavy atom. The van der Waals surface area contributed by atoms with Crippen molar-refractivity contribution in [2.45, 2.75) is 6.92 Å². The van der Waals surface area contributed by atoms with E-state index in [4.69, 9.17) is 16.0 Å². The zero-order valence-electron chi connectivity index (χ0n) is 11.1. The smallest absolute Gasteiger partial charge is 0.260 e. The van der Waals surface area contributed by atoms with E-state index in [-0.39, 0.29) is 5.91 Å². The molecule has 3 rings (SSSR count). The highest BCUT2D eigenvalue weighted by Gasteiger charge is 2.13. The number of hydrogen-bond acceptors (Lipinski definition) is 4. The fourth-order valence-electron chi connectivity index (χ4n) is 1.89. The number of furan rings is 1. The SMILES string of the molecule is Cc1sc(NC(=O)c2ccoc2)nc1-c1ccc(Cl)cc1. The van der Waals surface area contributed by atoms with E-state index in [0.29, 0.717) is 15.7 Å². The average molecular weight is 319 g/mol. The van der Waals surface area contributed by atoms with Crippen LogP contribution in [0.3, 0.4) is 0 Å². The molecule has 21 heavy (non-hydrogen) atoms. The molecule has 1 amide bonds. The monoisotopic (exact) mass is 318 g/mol. The summed E-state index contributed by atoms with van der Waals surface area (Å²) in [5.41, 5.74) is 2.28. The molecule has 6 heteroatoms. The number of benzene rings is 1. The van der Waals surface area contributed by atoms with E-state index in [1.807, 2.05) is 31.2 Å². The number of rotatable bonds is 3. The predicted octanol–water partition coefficient (Wildman–Crippen LogP) is 4.62. The predicted molar refractivity (Wildman–Crippen MR) is 84.0 cm³/mol. The quantitative estimate of drug-likeness (QED) is 0.766. The van der Waals surface area contributed by atoms with Crippen LogP contribution in [0.2, 0.25) is 5.02 Å². The van der Waals surface area contributed by atoms with Crippen LogP contribution in [0.15, 0.2) is 47.3 Å². The van der Waals surface area contributed by atoms with Gasteiger partial charge in [0.05, 0.1) is 17.5 Å². The van der Waals surface area contributed by atoms with Gasteiger partial charge >= 0.3 is 0 Å². The van der Waals surface area contributed by atoms with Crippen molar-refractivity contribution >= 4 is 34.0 Å². The van der Waals surface area contributed by atoms with Gasteiger partial charge in [0.1, 0.15) is 6.26 Å². The number of thiazole rings is 1. The number of aromatic nitrogens is 1. The number of amides is 1. The summed E-state index contributed by atoms with van der Waals surface area (Å²) in [6, 6.07) is 9.06. The van der Waals surface area contributed by atoms with Crippen LogP contribution in [0.1, 0.15) is 15.2 Å². The number of nitrogens with one attached hydrogen (secondary N) is 1. The molecule has 0 bridgehead atoms. The number of nitrogens with zero attached hydrogens (tertiary/aromatic N) is 1. The van der Waals surface area contributed by atoms with Crippen molar-refractivity contribution < 1.29 is 9.21 Å². The normalized spacial score (nSPS) is 10.6. The van der Waals surface area contributed by atoms with Crippen LogP contribution in [0.4, 0.5) is 5.13 Å². The topological polar surface area (TPSA) is 55.1 Å². The lowest BCUT2D eigenvalue weighted by molar-refractivity contribution is 0.102. The highest BCUT2D eigenvalue weighted by molar-refractivity contribution is 7.16. The first-order chi connectivity index (χ1) is 10.1. The fraction of sp³-hybridized carbons (Fsp3) is 0.0667. The molecule has 1 aromatic carbocycles. The minimum atomic E-state index is -0.236. The van der Waals surface area contributed by atoms with Crippen molar-refractivity contribution in [1.82, 2.24) is 4.98 Å². The molecule has 0 radical (unpaired) electrons. The first-order valence-corrected chi connectivity index (χ1v) is 7.40. The highest BCUT2D eigenvalue weighted by Crippen LogP contribution is 2.31. The van der Waals surface area contributed by atoms with Crippen LogP contribution in [0.25, 0.3) is 11.3 Å². The van der Waals surface area contributed by atoms with Crippen LogP contribution >= 0.6 is 22.9 Å². The fourth-order valence-corrected chi connectivity index (χ4v) is 2.85. The van der Waals surface area contributed by atoms with E-state index < -0.39 is 0 Å². The molecular formula is C15H11ClN2O2S. The summed E-state index contributed by atoms with van der Waals surface area (Å²) < 4.78 is 4.89. The first kappa shape index (κ1) is 13.9. The van der Waals surface area contributed by atoms with Crippen molar-refractivity contribution in [2.24, 2.45) is 0 Å². The van der Waals surface area contributed by atoms with Crippen molar-refractivity contribution in [3.05, 3.63) is 58.3 Å². The van der Waals surface area contributed by atoms with E-state index in [2.05, 4.69) is 10.3 Å². The standard InChI is InChI=1S/C15H11ClN2O2S/c1-9-13(10-2-4-12(16)5-3-10)17-15(21-9)18-14(19)11-6-7-20-8-11/h2-8H,1H3,(H,17,18,19). The Kier molecular flexibility index (Phi) is 3.77. The molecule has 0 saturated carbocycles. The van der Waals surface area contributed by atoms with Crippen molar-refractivity contribution in [3.63, 3.8) is 0 Å². The number of halogens is 1. The lowest BCUT2D eigenvalue weighted by Gasteiger charge is -1.99. The Morgan fingerprint density at radius 2 is 2.05 bits per heavy atom. The summed E-state index contributed by atoms with van der Waals surface area (Å²) in [6.07, 6.45) is 2.86. The molecule has 106 valence electrons. The number of anilines is 1. The van der Waals surface area contributed by atoms with Crippen LogP contribution in [-0.2, 0) is 0 Å². The maximum absolute atomic E-state index is 12.0. The van der Waals surface area contributed by atoms with E-state index in [1.54, 1.807) is 6.07 Å². The van der Waals surface area contributed by atoms with Gasteiger partial charge in [0, 0.05) is 15.5 Å². The minimum absolute atomic E-state index is 0.236. The molecule has 3 aromatic rings. The second-order valence-corrected chi connectivity index (χ2v) is 6.04. The largest absolute Gasteiger partial charge is 0.472 e. The number of carbonyl (C=O) groups is 1. The lowest BCUT2D eigenvalue weighted by Crippen LogP contribution is -2.10. The van der Waals surface area contributed by atoms with Crippen LogP contribution in [0.5, 0.6) is 0 Å². The van der Waals surface area contributed by atoms with Crippen LogP contribution in [-0.4, -0.2) is 10.9 Å². The molecule has 0 aliphatic carbocycles. The molecule has 0 fully saturated rings. The van der Waals surface area contributed by atoms with Gasteiger partial charge in [-0.1, -0.05) is 23.7 Å². The lowest BCUT2D eigenvalue weighted by atomic mass is 10.1. The molecular weight excluding hydrogens is 308 g/mol. The van der Waals surface area contributed by atoms with Gasteiger partial charge < -0.3 is 4.42 Å². The molecule has 0 aliphatic rings. The van der Waals surface area contributed by atoms with Gasteiger partial charge in [-0.05, 0) is 25.1 Å². The molecule has 1 N–H and O–H groups in total. The van der Waals surface area contributed by atoms with Crippen LogP contribution < -0.4 is 5.32 Å². The maximum atomic E-state index is 12.0. The van der Waals surface area contributed by atoms with Gasteiger partial charge in [-0.3, -0.25) is 10.1 Å². The van der Waals surface area contributed by atoms with E-state index in [1.165, 1.54) is 23.9 Å². The Bertz CT molecular complexity index is 764. The molecule has 0 saturated heterocycles. The molecule has 4 nitrogen and oxygen atoms in total. The Labute approximate surface area is 130 Å². The molecule has 0 atom stereocenters. The van der Waals surface area contributed by atoms with Gasteiger partial charge in [0.25, 0.3) is 5.91 Å². The van der Waals surface area contributed by atoms with Crippen molar-refractivity contribution in [1.29, 1.82) is 0 Å². The summed E-state index contributed by atoms with van der Waals surface area (Å²) >= 11 is 7.32. The van der Waals surface area contributed by atoms with Crippen molar-refractivity contribution in [3.8, 4) is 11.3 Å². The Balaban J connectivity index is 1.84. The summed E-state index contributed by atoms with van der Waals surface area (Å²) in [7, 11) is 0. The molecule has 0 unspecified atom stereocenters. The number of carbonyl (C=O) groups excluding carboxylic acids is 1. The zero-order chi connectivity index (χ0) is 14.8. The Hall–Kier alpha value is -2.11. The van der Waals surface area contributed by atoms with E-state index in [0.717, 1.165) is 16.1 Å². The van der Waals surface area contributed by atoms with E-state index >= 15 is 0 Å². The average Bonchev–Trinajstić information content (AvgIpc) is 3.10. The van der Waals surface area contributed by atoms with Gasteiger partial charge in [0.15, 0.2) is 5.13 Å². The first-order valence-electron chi connectivity index (χ1n) is 6.20.